The van der Waals surface area contributed by atoms with Gasteiger partial charge < -0.3 is 22.1 Å². The van der Waals surface area contributed by atoms with E-state index in [9.17, 15) is 14.4 Å². The summed E-state index contributed by atoms with van der Waals surface area (Å²) in [6.45, 7) is -0.214. The third-order valence-electron chi connectivity index (χ3n) is 4.14. The van der Waals surface area contributed by atoms with E-state index in [2.05, 4.69) is 15.6 Å². The zero-order valence-electron chi connectivity index (χ0n) is 15.5. The van der Waals surface area contributed by atoms with Gasteiger partial charge in [0.2, 0.25) is 17.7 Å². The Labute approximate surface area is 163 Å². The molecule has 0 bridgehead atoms. The Hall–Kier alpha value is -3.26. The molecule has 8 nitrogen and oxygen atoms in total. The average molecular weight is 383 g/mol. The summed E-state index contributed by atoms with van der Waals surface area (Å²) in [5, 5.41) is 5.40. The normalized spacial score (nSPS) is 12.6. The summed E-state index contributed by atoms with van der Waals surface area (Å²) in [7, 11) is 0. The molecule has 2 rings (SSSR count). The molecule has 148 valence electrons. The highest BCUT2D eigenvalue weighted by atomic mass is 16.2. The van der Waals surface area contributed by atoms with E-state index < -0.39 is 17.9 Å². The number of primary amides is 1. The van der Waals surface area contributed by atoms with Crippen molar-refractivity contribution in [3.8, 4) is 0 Å². The van der Waals surface area contributed by atoms with Gasteiger partial charge in [-0.05, 0) is 24.1 Å². The summed E-state index contributed by atoms with van der Waals surface area (Å²) in [5.74, 6) is -1.38. The molecule has 6 N–H and O–H groups in total. The molecule has 28 heavy (non-hydrogen) atoms. The second-order valence-electron chi connectivity index (χ2n) is 6.39. The maximum absolute atomic E-state index is 12.3. The Morgan fingerprint density at radius 1 is 1.04 bits per heavy atom. The Bertz CT molecular complexity index is 783. The first-order chi connectivity index (χ1) is 13.5. The lowest BCUT2D eigenvalue weighted by molar-refractivity contribution is -0.127. The SMILES string of the molecule is NC(=O)CC[C@@H](N)C(=O)NCC(=O)NC(Cc1ccccn1)c1ccccc1. The van der Waals surface area contributed by atoms with Gasteiger partial charge in [0, 0.05) is 24.7 Å². The third-order valence-corrected chi connectivity index (χ3v) is 4.14. The minimum atomic E-state index is -0.890. The second kappa shape index (κ2) is 10.8. The van der Waals surface area contributed by atoms with Crippen molar-refractivity contribution in [1.82, 2.24) is 15.6 Å². The van der Waals surface area contributed by atoms with Gasteiger partial charge in [0.05, 0.1) is 18.6 Å². The molecule has 2 aromatic rings. The molecule has 0 aliphatic rings. The minimum absolute atomic E-state index is 0.0148. The van der Waals surface area contributed by atoms with E-state index in [1.54, 1.807) is 6.20 Å². The van der Waals surface area contributed by atoms with E-state index in [4.69, 9.17) is 11.5 Å². The molecule has 0 fully saturated rings. The molecule has 0 radical (unpaired) electrons. The zero-order chi connectivity index (χ0) is 20.4. The molecule has 0 aliphatic carbocycles. The van der Waals surface area contributed by atoms with Crippen LogP contribution in [0.4, 0.5) is 0 Å². The molecule has 1 aromatic heterocycles. The quantitative estimate of drug-likeness (QED) is 0.464. The van der Waals surface area contributed by atoms with E-state index in [1.165, 1.54) is 0 Å². The molecule has 0 saturated heterocycles. The van der Waals surface area contributed by atoms with Crippen LogP contribution >= 0.6 is 0 Å². The van der Waals surface area contributed by atoms with Crippen molar-refractivity contribution in [3.05, 3.63) is 66.0 Å². The van der Waals surface area contributed by atoms with Crippen molar-refractivity contribution in [2.75, 3.05) is 6.54 Å². The third kappa shape index (κ3) is 7.16. The molecule has 2 atom stereocenters. The van der Waals surface area contributed by atoms with Crippen molar-refractivity contribution in [3.63, 3.8) is 0 Å². The van der Waals surface area contributed by atoms with Crippen LogP contribution in [0.25, 0.3) is 0 Å². The van der Waals surface area contributed by atoms with Crippen LogP contribution in [0.15, 0.2) is 54.7 Å². The Morgan fingerprint density at radius 2 is 1.75 bits per heavy atom. The van der Waals surface area contributed by atoms with Crippen LogP contribution in [0.3, 0.4) is 0 Å². The number of benzene rings is 1. The zero-order valence-corrected chi connectivity index (χ0v) is 15.5. The number of nitrogens with two attached hydrogens (primary N) is 2. The molecule has 8 heteroatoms. The van der Waals surface area contributed by atoms with E-state index in [0.717, 1.165) is 11.3 Å². The number of hydrogen-bond donors (Lipinski definition) is 4. The molecule has 1 aromatic carbocycles. The number of nitrogens with one attached hydrogen (secondary N) is 2. The van der Waals surface area contributed by atoms with Gasteiger partial charge in [-0.15, -0.1) is 0 Å². The van der Waals surface area contributed by atoms with Crippen molar-refractivity contribution >= 4 is 17.7 Å². The fraction of sp³-hybridized carbons (Fsp3) is 0.300. The average Bonchev–Trinajstić information content (AvgIpc) is 2.71. The van der Waals surface area contributed by atoms with Crippen LogP contribution in [-0.2, 0) is 20.8 Å². The number of carbonyl (C=O) groups excluding carboxylic acids is 3. The van der Waals surface area contributed by atoms with Crippen LogP contribution in [0.1, 0.15) is 30.1 Å². The highest BCUT2D eigenvalue weighted by molar-refractivity contribution is 5.87. The Morgan fingerprint density at radius 3 is 2.39 bits per heavy atom. The number of nitrogens with zero attached hydrogens (tertiary/aromatic N) is 1. The molecule has 3 amide bonds. The highest BCUT2D eigenvalue weighted by Crippen LogP contribution is 2.17. The van der Waals surface area contributed by atoms with E-state index in [-0.39, 0.29) is 31.3 Å². The molecule has 1 heterocycles. The molecular weight excluding hydrogens is 358 g/mol. The Kier molecular flexibility index (Phi) is 8.11. The molecule has 0 saturated carbocycles. The molecule has 0 spiro atoms. The predicted molar refractivity (Wildman–Crippen MR) is 105 cm³/mol. The topological polar surface area (TPSA) is 140 Å². The van der Waals surface area contributed by atoms with Crippen LogP contribution in [-0.4, -0.2) is 35.3 Å². The van der Waals surface area contributed by atoms with Crippen molar-refractivity contribution in [2.24, 2.45) is 11.5 Å². The van der Waals surface area contributed by atoms with Gasteiger partial charge in [-0.2, -0.15) is 0 Å². The fourth-order valence-corrected chi connectivity index (χ4v) is 2.64. The maximum Gasteiger partial charge on any atom is 0.239 e. The van der Waals surface area contributed by atoms with Gasteiger partial charge in [0.15, 0.2) is 0 Å². The maximum atomic E-state index is 12.3. The number of pyridine rings is 1. The van der Waals surface area contributed by atoms with Gasteiger partial charge in [0.1, 0.15) is 0 Å². The number of carbonyl (C=O) groups is 3. The first-order valence-electron chi connectivity index (χ1n) is 9.01. The summed E-state index contributed by atoms with van der Waals surface area (Å²) < 4.78 is 0. The van der Waals surface area contributed by atoms with E-state index >= 15 is 0 Å². The fourth-order valence-electron chi connectivity index (χ4n) is 2.64. The standard InChI is InChI=1S/C20H25N5O3/c21-16(9-10-18(22)26)20(28)24-13-19(27)25-17(14-6-2-1-3-7-14)12-15-8-4-5-11-23-15/h1-8,11,16-17H,9-10,12-13,21H2,(H2,22,26)(H,24,28)(H,25,27)/t16-,17?/m1/s1. The monoisotopic (exact) mass is 383 g/mol. The van der Waals surface area contributed by atoms with Crippen LogP contribution in [0, 0.1) is 0 Å². The highest BCUT2D eigenvalue weighted by Gasteiger charge is 2.18. The van der Waals surface area contributed by atoms with Crippen LogP contribution < -0.4 is 22.1 Å². The number of amides is 3. The van der Waals surface area contributed by atoms with Gasteiger partial charge in [-0.1, -0.05) is 36.4 Å². The minimum Gasteiger partial charge on any atom is -0.370 e. The molecule has 1 unspecified atom stereocenters. The number of hydrogen-bond acceptors (Lipinski definition) is 5. The lowest BCUT2D eigenvalue weighted by Crippen LogP contribution is -2.45. The smallest absolute Gasteiger partial charge is 0.239 e. The predicted octanol–water partition coefficient (Wildman–Crippen LogP) is 0.191. The van der Waals surface area contributed by atoms with Crippen LogP contribution in [0.5, 0.6) is 0 Å². The first kappa shape index (κ1) is 21.0. The number of rotatable bonds is 10. The lowest BCUT2D eigenvalue weighted by Gasteiger charge is -2.19. The van der Waals surface area contributed by atoms with Crippen molar-refractivity contribution in [2.45, 2.75) is 31.3 Å². The van der Waals surface area contributed by atoms with Gasteiger partial charge in [0.25, 0.3) is 0 Å². The molecule has 0 aliphatic heterocycles. The van der Waals surface area contributed by atoms with E-state index in [0.29, 0.717) is 6.42 Å². The summed E-state index contributed by atoms with van der Waals surface area (Å²) in [5.41, 5.74) is 12.5. The second-order valence-corrected chi connectivity index (χ2v) is 6.39. The van der Waals surface area contributed by atoms with Crippen molar-refractivity contribution < 1.29 is 14.4 Å². The largest absolute Gasteiger partial charge is 0.370 e. The van der Waals surface area contributed by atoms with Gasteiger partial charge >= 0.3 is 0 Å². The summed E-state index contributed by atoms with van der Waals surface area (Å²) >= 11 is 0. The number of aromatic nitrogens is 1. The Balaban J connectivity index is 1.93. The summed E-state index contributed by atoms with van der Waals surface area (Å²) in [4.78, 5) is 39.3. The van der Waals surface area contributed by atoms with Gasteiger partial charge in [-0.3, -0.25) is 19.4 Å². The summed E-state index contributed by atoms with van der Waals surface area (Å²) in [6.07, 6.45) is 2.37. The lowest BCUT2D eigenvalue weighted by atomic mass is 10.0. The van der Waals surface area contributed by atoms with Crippen molar-refractivity contribution in [1.29, 1.82) is 0 Å². The molecular formula is C20H25N5O3. The van der Waals surface area contributed by atoms with E-state index in [1.807, 2.05) is 48.5 Å². The summed E-state index contributed by atoms with van der Waals surface area (Å²) in [6, 6.07) is 14.0. The van der Waals surface area contributed by atoms with Crippen LogP contribution in [0.2, 0.25) is 0 Å². The first-order valence-corrected chi connectivity index (χ1v) is 9.01. The van der Waals surface area contributed by atoms with Gasteiger partial charge in [-0.25, -0.2) is 0 Å².